The Hall–Kier alpha value is -0.940. The van der Waals surface area contributed by atoms with E-state index in [4.69, 9.17) is 4.74 Å². The minimum absolute atomic E-state index is 0.110. The maximum atomic E-state index is 6.02. The molecule has 1 saturated carbocycles. The minimum Gasteiger partial charge on any atom is -0.376 e. The monoisotopic (exact) mass is 280 g/mol. The number of aromatic nitrogens is 3. The van der Waals surface area contributed by atoms with E-state index in [1.807, 2.05) is 18.0 Å². The number of likely N-dealkylation sites (N-methyl/N-ethyl adjacent to an activating group) is 1. The van der Waals surface area contributed by atoms with Crippen LogP contribution >= 0.6 is 0 Å². The van der Waals surface area contributed by atoms with Crippen molar-refractivity contribution in [1.29, 1.82) is 0 Å². The largest absolute Gasteiger partial charge is 0.376 e. The summed E-state index contributed by atoms with van der Waals surface area (Å²) in [6, 6.07) is 0.180. The molecule has 1 aromatic heterocycles. The zero-order valence-electron chi connectivity index (χ0n) is 13.1. The van der Waals surface area contributed by atoms with Crippen molar-refractivity contribution in [2.24, 2.45) is 0 Å². The van der Waals surface area contributed by atoms with Gasteiger partial charge in [-0.15, -0.1) is 5.10 Å². The molecule has 2 rings (SSSR count). The molecule has 1 atom stereocenters. The van der Waals surface area contributed by atoms with E-state index in [2.05, 4.69) is 29.5 Å². The molecular formula is C15H28N4O. The summed E-state index contributed by atoms with van der Waals surface area (Å²) >= 11 is 0. The Morgan fingerprint density at radius 3 is 2.70 bits per heavy atom. The Balaban J connectivity index is 2.30. The summed E-state index contributed by atoms with van der Waals surface area (Å²) in [6.45, 7) is 6.15. The van der Waals surface area contributed by atoms with Crippen LogP contribution < -0.4 is 5.32 Å². The fraction of sp³-hybridized carbons (Fsp3) is 0.867. The third-order valence-corrected chi connectivity index (χ3v) is 4.42. The van der Waals surface area contributed by atoms with Gasteiger partial charge in [0.1, 0.15) is 0 Å². The minimum atomic E-state index is -0.110. The van der Waals surface area contributed by atoms with Gasteiger partial charge in [0.15, 0.2) is 0 Å². The molecule has 5 nitrogen and oxygen atoms in total. The highest BCUT2D eigenvalue weighted by Crippen LogP contribution is 2.40. The van der Waals surface area contributed by atoms with Crippen molar-refractivity contribution in [3.05, 3.63) is 11.9 Å². The van der Waals surface area contributed by atoms with Crippen molar-refractivity contribution < 1.29 is 4.74 Å². The molecule has 1 aliphatic carbocycles. The molecule has 1 N–H and O–H groups in total. The molecule has 1 fully saturated rings. The van der Waals surface area contributed by atoms with Crippen molar-refractivity contribution >= 4 is 0 Å². The Morgan fingerprint density at radius 2 is 2.10 bits per heavy atom. The number of rotatable bonds is 7. The highest BCUT2D eigenvalue weighted by atomic mass is 16.5. The predicted octanol–water partition coefficient (Wildman–Crippen LogP) is 2.69. The first-order valence-corrected chi connectivity index (χ1v) is 7.94. The van der Waals surface area contributed by atoms with Crippen LogP contribution in [0.25, 0.3) is 0 Å². The van der Waals surface area contributed by atoms with E-state index in [9.17, 15) is 0 Å². The molecule has 5 heteroatoms. The molecular weight excluding hydrogens is 252 g/mol. The third-order valence-electron chi connectivity index (χ3n) is 4.42. The fourth-order valence-electron chi connectivity index (χ4n) is 3.40. The lowest BCUT2D eigenvalue weighted by molar-refractivity contribution is -0.0703. The molecule has 1 unspecified atom stereocenters. The number of hydrogen-bond donors (Lipinski definition) is 1. The van der Waals surface area contributed by atoms with Crippen LogP contribution in [0.2, 0.25) is 0 Å². The van der Waals surface area contributed by atoms with E-state index in [0.717, 1.165) is 38.0 Å². The highest BCUT2D eigenvalue weighted by molar-refractivity contribution is 5.11. The normalized spacial score (nSPS) is 19.9. The van der Waals surface area contributed by atoms with E-state index >= 15 is 0 Å². The first kappa shape index (κ1) is 15.4. The first-order chi connectivity index (χ1) is 9.77. The van der Waals surface area contributed by atoms with E-state index < -0.39 is 0 Å². The second-order valence-electron chi connectivity index (χ2n) is 5.70. The Labute approximate surface area is 122 Å². The second-order valence-corrected chi connectivity index (χ2v) is 5.70. The smallest absolute Gasteiger partial charge is 0.0888 e. The van der Waals surface area contributed by atoms with Gasteiger partial charge in [0.25, 0.3) is 0 Å². The van der Waals surface area contributed by atoms with Crippen LogP contribution in [-0.2, 0) is 11.3 Å². The molecule has 0 bridgehead atoms. The number of ether oxygens (including phenoxy) is 1. The summed E-state index contributed by atoms with van der Waals surface area (Å²) in [6.07, 6.45) is 8.98. The zero-order chi connectivity index (χ0) is 14.4. The van der Waals surface area contributed by atoms with E-state index in [-0.39, 0.29) is 11.6 Å². The van der Waals surface area contributed by atoms with Crippen molar-refractivity contribution in [2.45, 2.75) is 70.6 Å². The molecule has 1 heterocycles. The van der Waals surface area contributed by atoms with Gasteiger partial charge in [0.05, 0.1) is 23.5 Å². The number of hydrogen-bond acceptors (Lipinski definition) is 4. The Kier molecular flexibility index (Phi) is 5.54. The number of methoxy groups -OCH3 is 1. The van der Waals surface area contributed by atoms with Gasteiger partial charge >= 0.3 is 0 Å². The quantitative estimate of drug-likeness (QED) is 0.834. The number of nitrogens with one attached hydrogen (secondary N) is 1. The average Bonchev–Trinajstić information content (AvgIpc) is 2.94. The van der Waals surface area contributed by atoms with Gasteiger partial charge in [-0.2, -0.15) is 0 Å². The summed E-state index contributed by atoms with van der Waals surface area (Å²) < 4.78 is 8.05. The van der Waals surface area contributed by atoms with Crippen LogP contribution in [0.4, 0.5) is 0 Å². The van der Waals surface area contributed by atoms with E-state index in [0.29, 0.717) is 0 Å². The predicted molar refractivity (Wildman–Crippen MR) is 79.6 cm³/mol. The molecule has 0 aromatic carbocycles. The molecule has 20 heavy (non-hydrogen) atoms. The standard InChI is InChI=1S/C15H28N4O/c1-4-11-19-13(12-17-18-19)14(16-5-2)15(20-3)9-7-6-8-10-15/h12,14,16H,4-11H2,1-3H3. The van der Waals surface area contributed by atoms with Crippen molar-refractivity contribution in [1.82, 2.24) is 20.3 Å². The number of nitrogens with zero attached hydrogens (tertiary/aromatic N) is 3. The summed E-state index contributed by atoms with van der Waals surface area (Å²) in [5.74, 6) is 0. The summed E-state index contributed by atoms with van der Waals surface area (Å²) in [4.78, 5) is 0. The number of aryl methyl sites for hydroxylation is 1. The molecule has 0 amide bonds. The third kappa shape index (κ3) is 3.04. The first-order valence-electron chi connectivity index (χ1n) is 7.94. The lowest BCUT2D eigenvalue weighted by Gasteiger charge is -2.42. The van der Waals surface area contributed by atoms with Crippen molar-refractivity contribution in [3.63, 3.8) is 0 Å². The Bertz CT molecular complexity index is 398. The fourth-order valence-corrected chi connectivity index (χ4v) is 3.40. The molecule has 0 radical (unpaired) electrons. The zero-order valence-corrected chi connectivity index (χ0v) is 13.1. The van der Waals surface area contributed by atoms with Crippen LogP contribution in [0.1, 0.15) is 64.1 Å². The van der Waals surface area contributed by atoms with E-state index in [1.165, 1.54) is 19.3 Å². The highest BCUT2D eigenvalue weighted by Gasteiger charge is 2.42. The van der Waals surface area contributed by atoms with Gasteiger partial charge in [-0.3, -0.25) is 0 Å². The maximum Gasteiger partial charge on any atom is 0.0888 e. The van der Waals surface area contributed by atoms with Crippen molar-refractivity contribution in [2.75, 3.05) is 13.7 Å². The van der Waals surface area contributed by atoms with Gasteiger partial charge < -0.3 is 10.1 Å². The lowest BCUT2D eigenvalue weighted by atomic mass is 9.78. The van der Waals surface area contributed by atoms with Gasteiger partial charge in [-0.1, -0.05) is 38.3 Å². The molecule has 0 saturated heterocycles. The average molecular weight is 280 g/mol. The van der Waals surface area contributed by atoms with Crippen LogP contribution in [0.5, 0.6) is 0 Å². The van der Waals surface area contributed by atoms with Crippen LogP contribution in [0.15, 0.2) is 6.20 Å². The summed E-state index contributed by atoms with van der Waals surface area (Å²) in [5, 5.41) is 12.0. The van der Waals surface area contributed by atoms with Crippen LogP contribution in [0.3, 0.4) is 0 Å². The van der Waals surface area contributed by atoms with Gasteiger partial charge in [-0.25, -0.2) is 4.68 Å². The molecule has 0 spiro atoms. The van der Waals surface area contributed by atoms with Crippen LogP contribution in [-0.4, -0.2) is 34.2 Å². The topological polar surface area (TPSA) is 52.0 Å². The lowest BCUT2D eigenvalue weighted by Crippen LogP contribution is -2.47. The Morgan fingerprint density at radius 1 is 1.35 bits per heavy atom. The second kappa shape index (κ2) is 7.18. The maximum absolute atomic E-state index is 6.02. The summed E-state index contributed by atoms with van der Waals surface area (Å²) in [7, 11) is 1.85. The molecule has 0 aliphatic heterocycles. The van der Waals surface area contributed by atoms with Crippen molar-refractivity contribution in [3.8, 4) is 0 Å². The van der Waals surface area contributed by atoms with Gasteiger partial charge in [0, 0.05) is 13.7 Å². The van der Waals surface area contributed by atoms with Gasteiger partial charge in [0.2, 0.25) is 0 Å². The van der Waals surface area contributed by atoms with E-state index in [1.54, 1.807) is 0 Å². The SMILES string of the molecule is CCCn1nncc1C(NCC)C1(OC)CCCCC1. The molecule has 1 aromatic rings. The molecule has 1 aliphatic rings. The summed E-state index contributed by atoms with van der Waals surface area (Å²) in [5.41, 5.74) is 1.05. The van der Waals surface area contributed by atoms with Gasteiger partial charge in [-0.05, 0) is 25.8 Å². The van der Waals surface area contributed by atoms with Crippen LogP contribution in [0, 0.1) is 0 Å². The molecule has 114 valence electrons.